The molecule has 0 saturated carbocycles. The molecule has 1 aromatic carbocycles. The minimum absolute atomic E-state index is 0.182. The Hall–Kier alpha value is -2.80. The second kappa shape index (κ2) is 8.05. The molecule has 0 aliphatic carbocycles. The summed E-state index contributed by atoms with van der Waals surface area (Å²) in [5, 5.41) is 3.12. The summed E-state index contributed by atoms with van der Waals surface area (Å²) in [5.41, 5.74) is 0.740. The third kappa shape index (κ3) is 4.05. The van der Waals surface area contributed by atoms with Gasteiger partial charge < -0.3 is 19.5 Å². The molecule has 2 heterocycles. The van der Waals surface area contributed by atoms with Crippen molar-refractivity contribution >= 4 is 29.3 Å². The highest BCUT2D eigenvalue weighted by atomic mass is 35.5. The number of carbonyl (C=O) groups excluding carboxylic acids is 3. The Labute approximate surface area is 155 Å². The zero-order valence-electron chi connectivity index (χ0n) is 14.0. The maximum absolute atomic E-state index is 12.3. The SMILES string of the molecule is O=C(NCc1ccccc1Cl)C(=O)N1CCN(C(=O)c2ccco2)CC1. The smallest absolute Gasteiger partial charge is 0.312 e. The largest absolute Gasteiger partial charge is 0.459 e. The minimum atomic E-state index is -0.685. The van der Waals surface area contributed by atoms with E-state index in [9.17, 15) is 14.4 Å². The molecule has 136 valence electrons. The highest BCUT2D eigenvalue weighted by molar-refractivity contribution is 6.35. The van der Waals surface area contributed by atoms with E-state index in [1.807, 2.05) is 6.07 Å². The van der Waals surface area contributed by atoms with Crippen molar-refractivity contribution in [2.24, 2.45) is 0 Å². The van der Waals surface area contributed by atoms with Crippen LogP contribution in [0.2, 0.25) is 5.02 Å². The lowest BCUT2D eigenvalue weighted by atomic mass is 10.2. The molecule has 0 spiro atoms. The lowest BCUT2D eigenvalue weighted by Gasteiger charge is -2.33. The van der Waals surface area contributed by atoms with Gasteiger partial charge in [-0.05, 0) is 23.8 Å². The molecule has 0 radical (unpaired) electrons. The van der Waals surface area contributed by atoms with E-state index in [4.69, 9.17) is 16.0 Å². The van der Waals surface area contributed by atoms with Crippen LogP contribution in [0.1, 0.15) is 16.1 Å². The van der Waals surface area contributed by atoms with Crippen LogP contribution in [0.4, 0.5) is 0 Å². The van der Waals surface area contributed by atoms with Crippen LogP contribution in [0.15, 0.2) is 47.1 Å². The summed E-state index contributed by atoms with van der Waals surface area (Å²) in [6, 6.07) is 10.4. The first-order valence-corrected chi connectivity index (χ1v) is 8.57. The predicted octanol–water partition coefficient (Wildman–Crippen LogP) is 1.53. The van der Waals surface area contributed by atoms with Crippen molar-refractivity contribution < 1.29 is 18.8 Å². The van der Waals surface area contributed by atoms with Gasteiger partial charge in [-0.2, -0.15) is 0 Å². The Morgan fingerprint density at radius 2 is 1.69 bits per heavy atom. The first kappa shape index (κ1) is 18.0. The number of nitrogens with one attached hydrogen (secondary N) is 1. The molecule has 26 heavy (non-hydrogen) atoms. The van der Waals surface area contributed by atoms with Crippen LogP contribution in [0.3, 0.4) is 0 Å². The van der Waals surface area contributed by atoms with Crippen molar-refractivity contribution in [3.05, 3.63) is 59.0 Å². The lowest BCUT2D eigenvalue weighted by Crippen LogP contribution is -2.53. The number of nitrogens with zero attached hydrogens (tertiary/aromatic N) is 2. The number of furan rings is 1. The van der Waals surface area contributed by atoms with Crippen LogP contribution in [-0.2, 0) is 16.1 Å². The van der Waals surface area contributed by atoms with Crippen molar-refractivity contribution in [2.45, 2.75) is 6.54 Å². The molecular weight excluding hydrogens is 358 g/mol. The van der Waals surface area contributed by atoms with Crippen molar-refractivity contribution in [1.29, 1.82) is 0 Å². The van der Waals surface area contributed by atoms with Crippen LogP contribution in [0.5, 0.6) is 0 Å². The van der Waals surface area contributed by atoms with Gasteiger partial charge in [0, 0.05) is 37.7 Å². The minimum Gasteiger partial charge on any atom is -0.459 e. The Bertz CT molecular complexity index is 799. The Kier molecular flexibility index (Phi) is 5.58. The average Bonchev–Trinajstić information content (AvgIpc) is 3.21. The summed E-state index contributed by atoms with van der Waals surface area (Å²) >= 11 is 6.03. The Balaban J connectivity index is 1.49. The molecule has 1 fully saturated rings. The molecule has 1 N–H and O–H groups in total. The van der Waals surface area contributed by atoms with Gasteiger partial charge in [-0.3, -0.25) is 14.4 Å². The summed E-state index contributed by atoms with van der Waals surface area (Å²) in [5.74, 6) is -1.24. The molecule has 0 bridgehead atoms. The standard InChI is InChI=1S/C18H18ClN3O4/c19-14-5-2-1-4-13(14)12-20-16(23)18(25)22-9-7-21(8-10-22)17(24)15-6-3-11-26-15/h1-6,11H,7-10,12H2,(H,20,23). The molecule has 2 aromatic rings. The summed E-state index contributed by atoms with van der Waals surface area (Å²) < 4.78 is 5.10. The number of rotatable bonds is 3. The first-order valence-electron chi connectivity index (χ1n) is 8.19. The van der Waals surface area contributed by atoms with Gasteiger partial charge in [-0.25, -0.2) is 0 Å². The Morgan fingerprint density at radius 1 is 1.00 bits per heavy atom. The maximum atomic E-state index is 12.3. The lowest BCUT2D eigenvalue weighted by molar-refractivity contribution is -0.146. The third-order valence-corrected chi connectivity index (χ3v) is 4.55. The van der Waals surface area contributed by atoms with Gasteiger partial charge in [0.15, 0.2) is 5.76 Å². The van der Waals surface area contributed by atoms with Crippen LogP contribution in [-0.4, -0.2) is 53.7 Å². The number of halogens is 1. The molecule has 7 nitrogen and oxygen atoms in total. The molecule has 1 saturated heterocycles. The van der Waals surface area contributed by atoms with E-state index < -0.39 is 11.8 Å². The molecule has 1 aromatic heterocycles. The topological polar surface area (TPSA) is 82.9 Å². The summed E-state index contributed by atoms with van der Waals surface area (Å²) in [4.78, 5) is 39.6. The van der Waals surface area contributed by atoms with Gasteiger partial charge >= 0.3 is 11.8 Å². The Morgan fingerprint density at radius 3 is 2.35 bits per heavy atom. The molecule has 1 aliphatic heterocycles. The predicted molar refractivity (Wildman–Crippen MR) is 94.5 cm³/mol. The molecule has 3 rings (SSSR count). The first-order chi connectivity index (χ1) is 12.6. The fourth-order valence-electron chi connectivity index (χ4n) is 2.71. The summed E-state index contributed by atoms with van der Waals surface area (Å²) in [6.45, 7) is 1.48. The zero-order valence-corrected chi connectivity index (χ0v) is 14.7. The van der Waals surface area contributed by atoms with Crippen LogP contribution in [0.25, 0.3) is 0 Å². The van der Waals surface area contributed by atoms with Crippen LogP contribution >= 0.6 is 11.6 Å². The quantitative estimate of drug-likeness (QED) is 0.825. The summed E-state index contributed by atoms with van der Waals surface area (Å²) in [6.07, 6.45) is 1.44. The number of benzene rings is 1. The molecule has 0 atom stereocenters. The van der Waals surface area contributed by atoms with E-state index in [-0.39, 0.29) is 18.2 Å². The van der Waals surface area contributed by atoms with Gasteiger partial charge in [0.2, 0.25) is 0 Å². The van der Waals surface area contributed by atoms with E-state index in [0.29, 0.717) is 31.2 Å². The van der Waals surface area contributed by atoms with Crippen molar-refractivity contribution in [3.63, 3.8) is 0 Å². The van der Waals surface area contributed by atoms with Crippen molar-refractivity contribution in [3.8, 4) is 0 Å². The molecule has 1 aliphatic rings. The van der Waals surface area contributed by atoms with E-state index in [2.05, 4.69) is 5.32 Å². The van der Waals surface area contributed by atoms with Gasteiger partial charge in [0.1, 0.15) is 0 Å². The van der Waals surface area contributed by atoms with Crippen LogP contribution < -0.4 is 5.32 Å². The number of amides is 3. The van der Waals surface area contributed by atoms with Gasteiger partial charge in [-0.1, -0.05) is 29.8 Å². The van der Waals surface area contributed by atoms with E-state index in [0.717, 1.165) is 5.56 Å². The van der Waals surface area contributed by atoms with Gasteiger partial charge in [0.25, 0.3) is 5.91 Å². The fourth-order valence-corrected chi connectivity index (χ4v) is 2.91. The second-order valence-corrected chi connectivity index (χ2v) is 6.24. The van der Waals surface area contributed by atoms with Gasteiger partial charge in [-0.15, -0.1) is 0 Å². The van der Waals surface area contributed by atoms with Crippen LogP contribution in [0, 0.1) is 0 Å². The van der Waals surface area contributed by atoms with Crippen molar-refractivity contribution in [2.75, 3.05) is 26.2 Å². The maximum Gasteiger partial charge on any atom is 0.312 e. The molecule has 8 heteroatoms. The molecule has 0 unspecified atom stereocenters. The highest BCUT2D eigenvalue weighted by Gasteiger charge is 2.28. The number of hydrogen-bond donors (Lipinski definition) is 1. The summed E-state index contributed by atoms with van der Waals surface area (Å²) in [7, 11) is 0. The zero-order chi connectivity index (χ0) is 18.5. The van der Waals surface area contributed by atoms with Gasteiger partial charge in [0.05, 0.1) is 6.26 Å². The third-order valence-electron chi connectivity index (χ3n) is 4.18. The fraction of sp³-hybridized carbons (Fsp3) is 0.278. The van der Waals surface area contributed by atoms with Crippen molar-refractivity contribution in [1.82, 2.24) is 15.1 Å². The average molecular weight is 376 g/mol. The monoisotopic (exact) mass is 375 g/mol. The number of hydrogen-bond acceptors (Lipinski definition) is 4. The molecular formula is C18H18ClN3O4. The highest BCUT2D eigenvalue weighted by Crippen LogP contribution is 2.14. The van der Waals surface area contributed by atoms with E-state index in [1.54, 1.807) is 35.2 Å². The molecule has 3 amide bonds. The number of carbonyl (C=O) groups is 3. The second-order valence-electron chi connectivity index (χ2n) is 5.84. The number of piperazine rings is 1. The normalized spacial score (nSPS) is 14.2. The van der Waals surface area contributed by atoms with E-state index in [1.165, 1.54) is 11.2 Å². The van der Waals surface area contributed by atoms with E-state index >= 15 is 0 Å².